The number of carbonyl (C=O) groups excluding carboxylic acids is 2. The number of nitrogens with one attached hydrogen (secondary N) is 1. The van der Waals surface area contributed by atoms with Crippen molar-refractivity contribution in [1.29, 1.82) is 0 Å². The zero-order valence-corrected chi connectivity index (χ0v) is 43.9. The molecule has 0 aromatic rings. The third-order valence-electron chi connectivity index (χ3n) is 13.5. The molecule has 6 heteroatoms. The molecule has 0 saturated carbocycles. The van der Waals surface area contributed by atoms with E-state index in [4.69, 9.17) is 4.74 Å². The second-order valence-electron chi connectivity index (χ2n) is 20.0. The van der Waals surface area contributed by atoms with Gasteiger partial charge in [-0.05, 0) is 77.0 Å². The smallest absolute Gasteiger partial charge is 0.306 e. The standard InChI is InChI=1S/C59H113NO5/c1-4-7-10-13-16-19-22-25-27-29-30-33-35-38-41-44-47-50-55(65-59(64)52-49-46-43-40-37-34-31-28-26-23-20-17-14-11-8-5-2)53-58(63)60-56(54-61)57(62)51-48-45-42-39-36-32-24-21-18-15-12-9-6-3/h25,27-28,31,55-57,61-62H,4-24,26,29-30,32-54H2,1-3H3,(H,60,63)/b27-25+,31-28+. The summed E-state index contributed by atoms with van der Waals surface area (Å²) in [4.78, 5) is 26.3. The average Bonchev–Trinajstić information content (AvgIpc) is 3.30. The number of hydrogen-bond donors (Lipinski definition) is 3. The van der Waals surface area contributed by atoms with E-state index in [9.17, 15) is 19.8 Å². The summed E-state index contributed by atoms with van der Waals surface area (Å²) in [5.74, 6) is -0.470. The lowest BCUT2D eigenvalue weighted by Gasteiger charge is -2.24. The summed E-state index contributed by atoms with van der Waals surface area (Å²) in [5.41, 5.74) is 0. The molecule has 1 amide bonds. The lowest BCUT2D eigenvalue weighted by molar-refractivity contribution is -0.151. The van der Waals surface area contributed by atoms with E-state index in [2.05, 4.69) is 50.4 Å². The number of unbranched alkanes of at least 4 members (excludes halogenated alkanes) is 37. The molecule has 0 spiro atoms. The van der Waals surface area contributed by atoms with E-state index in [-0.39, 0.29) is 24.9 Å². The first-order chi connectivity index (χ1) is 32.0. The number of amides is 1. The van der Waals surface area contributed by atoms with Gasteiger partial charge in [0, 0.05) is 6.42 Å². The van der Waals surface area contributed by atoms with Crippen LogP contribution in [-0.4, -0.2) is 46.9 Å². The monoisotopic (exact) mass is 916 g/mol. The van der Waals surface area contributed by atoms with Crippen molar-refractivity contribution < 1.29 is 24.5 Å². The van der Waals surface area contributed by atoms with Crippen LogP contribution in [-0.2, 0) is 14.3 Å². The maximum atomic E-state index is 13.3. The Balaban J connectivity index is 4.56. The lowest BCUT2D eigenvalue weighted by atomic mass is 10.0. The molecule has 0 heterocycles. The Hall–Kier alpha value is -1.66. The highest BCUT2D eigenvalue weighted by atomic mass is 16.5. The van der Waals surface area contributed by atoms with Crippen molar-refractivity contribution in [2.75, 3.05) is 6.61 Å². The van der Waals surface area contributed by atoms with Crippen molar-refractivity contribution in [2.45, 2.75) is 334 Å². The zero-order valence-electron chi connectivity index (χ0n) is 43.9. The third kappa shape index (κ3) is 48.6. The van der Waals surface area contributed by atoms with Crippen LogP contribution in [0.25, 0.3) is 0 Å². The molecule has 0 rings (SSSR count). The van der Waals surface area contributed by atoms with Crippen LogP contribution >= 0.6 is 0 Å². The third-order valence-corrected chi connectivity index (χ3v) is 13.5. The second kappa shape index (κ2) is 53.3. The summed E-state index contributed by atoms with van der Waals surface area (Å²) in [6.07, 6.45) is 62.4. The maximum Gasteiger partial charge on any atom is 0.306 e. The van der Waals surface area contributed by atoms with Crippen molar-refractivity contribution >= 4 is 11.9 Å². The molecule has 0 aromatic carbocycles. The van der Waals surface area contributed by atoms with Gasteiger partial charge in [0.05, 0.1) is 25.2 Å². The largest absolute Gasteiger partial charge is 0.462 e. The Bertz CT molecular complexity index is 1030. The fraction of sp³-hybridized carbons (Fsp3) is 0.898. The normalized spacial score (nSPS) is 13.2. The quantitative estimate of drug-likeness (QED) is 0.0321. The first-order valence-corrected chi connectivity index (χ1v) is 29.1. The number of esters is 1. The number of aliphatic hydroxyl groups excluding tert-OH is 2. The minimum Gasteiger partial charge on any atom is -0.462 e. The van der Waals surface area contributed by atoms with Crippen LogP contribution in [0.5, 0.6) is 0 Å². The van der Waals surface area contributed by atoms with Gasteiger partial charge in [0.25, 0.3) is 0 Å². The van der Waals surface area contributed by atoms with Gasteiger partial charge in [0.1, 0.15) is 6.10 Å². The van der Waals surface area contributed by atoms with Crippen molar-refractivity contribution in [3.63, 3.8) is 0 Å². The van der Waals surface area contributed by atoms with Gasteiger partial charge in [-0.2, -0.15) is 0 Å². The van der Waals surface area contributed by atoms with Gasteiger partial charge in [0.2, 0.25) is 5.91 Å². The average molecular weight is 917 g/mol. The summed E-state index contributed by atoms with van der Waals surface area (Å²) in [5, 5.41) is 23.9. The van der Waals surface area contributed by atoms with Crippen LogP contribution in [0.2, 0.25) is 0 Å². The molecule has 0 radical (unpaired) electrons. The van der Waals surface area contributed by atoms with Crippen LogP contribution in [0.1, 0.15) is 316 Å². The zero-order chi connectivity index (χ0) is 47.4. The number of aliphatic hydroxyl groups is 2. The molecular formula is C59H113NO5. The number of carbonyl (C=O) groups is 2. The minimum atomic E-state index is -0.787. The van der Waals surface area contributed by atoms with Crippen LogP contribution < -0.4 is 5.32 Å². The predicted octanol–water partition coefficient (Wildman–Crippen LogP) is 17.9. The maximum absolute atomic E-state index is 13.3. The SMILES string of the molecule is CCCCCCCC/C=C/CCCCCCCCCC(CC(=O)NC(CO)C(O)CCCCCCCCCCCCCCC)OC(=O)CCCCCCC/C=C/CCCCCCCCC. The molecule has 0 aliphatic carbocycles. The Labute approximate surface area is 405 Å². The molecule has 0 fully saturated rings. The van der Waals surface area contributed by atoms with Crippen LogP contribution in [0.3, 0.4) is 0 Å². The van der Waals surface area contributed by atoms with Gasteiger partial charge < -0.3 is 20.3 Å². The molecule has 0 bridgehead atoms. The van der Waals surface area contributed by atoms with Crippen LogP contribution in [0, 0.1) is 0 Å². The molecule has 0 aliphatic heterocycles. The molecule has 3 atom stereocenters. The highest BCUT2D eigenvalue weighted by molar-refractivity contribution is 5.77. The van der Waals surface area contributed by atoms with E-state index >= 15 is 0 Å². The molecule has 0 aromatic heterocycles. The van der Waals surface area contributed by atoms with Crippen molar-refractivity contribution in [1.82, 2.24) is 5.32 Å². The minimum absolute atomic E-state index is 0.0759. The fourth-order valence-corrected chi connectivity index (χ4v) is 9.07. The Morgan fingerprint density at radius 3 is 1.09 bits per heavy atom. The van der Waals surface area contributed by atoms with Gasteiger partial charge in [-0.1, -0.05) is 251 Å². The molecular weight excluding hydrogens is 803 g/mol. The number of hydrogen-bond acceptors (Lipinski definition) is 5. The van der Waals surface area contributed by atoms with E-state index in [1.165, 1.54) is 212 Å². The summed E-state index contributed by atoms with van der Waals surface area (Å²) in [7, 11) is 0. The fourth-order valence-electron chi connectivity index (χ4n) is 9.07. The first kappa shape index (κ1) is 63.3. The van der Waals surface area contributed by atoms with E-state index in [1.807, 2.05) is 0 Å². The highest BCUT2D eigenvalue weighted by Gasteiger charge is 2.24. The highest BCUT2D eigenvalue weighted by Crippen LogP contribution is 2.18. The van der Waals surface area contributed by atoms with Gasteiger partial charge >= 0.3 is 5.97 Å². The molecule has 6 nitrogen and oxygen atoms in total. The van der Waals surface area contributed by atoms with E-state index in [1.54, 1.807) is 0 Å². The molecule has 3 N–H and O–H groups in total. The molecule has 0 saturated heterocycles. The van der Waals surface area contributed by atoms with Crippen LogP contribution in [0.4, 0.5) is 0 Å². The van der Waals surface area contributed by atoms with Gasteiger partial charge in [0.15, 0.2) is 0 Å². The molecule has 0 aliphatic rings. The van der Waals surface area contributed by atoms with Crippen molar-refractivity contribution in [2.24, 2.45) is 0 Å². The molecule has 65 heavy (non-hydrogen) atoms. The molecule has 384 valence electrons. The predicted molar refractivity (Wildman–Crippen MR) is 283 cm³/mol. The number of allylic oxidation sites excluding steroid dienone is 4. The topological polar surface area (TPSA) is 95.9 Å². The summed E-state index contributed by atoms with van der Waals surface area (Å²) >= 11 is 0. The lowest BCUT2D eigenvalue weighted by Crippen LogP contribution is -2.46. The van der Waals surface area contributed by atoms with E-state index in [0.717, 1.165) is 57.8 Å². The first-order valence-electron chi connectivity index (χ1n) is 29.1. The second-order valence-corrected chi connectivity index (χ2v) is 20.0. The number of ether oxygens (including phenoxy) is 1. The van der Waals surface area contributed by atoms with Gasteiger partial charge in [-0.25, -0.2) is 0 Å². The Morgan fingerprint density at radius 1 is 0.431 bits per heavy atom. The molecule has 3 unspecified atom stereocenters. The van der Waals surface area contributed by atoms with Crippen LogP contribution in [0.15, 0.2) is 24.3 Å². The Kier molecular flexibility index (Phi) is 51.9. The van der Waals surface area contributed by atoms with Gasteiger partial charge in [-0.3, -0.25) is 9.59 Å². The van der Waals surface area contributed by atoms with E-state index in [0.29, 0.717) is 19.3 Å². The summed E-state index contributed by atoms with van der Waals surface area (Å²) < 4.78 is 5.96. The van der Waals surface area contributed by atoms with E-state index < -0.39 is 18.2 Å². The van der Waals surface area contributed by atoms with Gasteiger partial charge in [-0.15, -0.1) is 0 Å². The summed E-state index contributed by atoms with van der Waals surface area (Å²) in [6.45, 7) is 6.51. The Morgan fingerprint density at radius 2 is 0.738 bits per heavy atom. The van der Waals surface area contributed by atoms with Crippen molar-refractivity contribution in [3.05, 3.63) is 24.3 Å². The summed E-state index contributed by atoms with van der Waals surface area (Å²) in [6, 6.07) is -0.701. The van der Waals surface area contributed by atoms with Crippen molar-refractivity contribution in [3.8, 4) is 0 Å². The number of rotatable bonds is 53.